The second kappa shape index (κ2) is 6.66. The summed E-state index contributed by atoms with van der Waals surface area (Å²) in [6, 6.07) is 15.5. The maximum atomic E-state index is 5.47. The maximum Gasteiger partial charge on any atom is 0.200 e. The molecule has 0 aliphatic carbocycles. The summed E-state index contributed by atoms with van der Waals surface area (Å²) in [7, 11) is 1.64. The molecule has 0 atom stereocenters. The minimum atomic E-state index is 0.541. The molecule has 1 N–H and O–H groups in total. The van der Waals surface area contributed by atoms with Crippen molar-refractivity contribution in [3.05, 3.63) is 53.3 Å². The lowest BCUT2D eigenvalue weighted by Gasteiger charge is -2.09. The van der Waals surface area contributed by atoms with Gasteiger partial charge in [-0.2, -0.15) is 5.10 Å². The Morgan fingerprint density at radius 2 is 1.70 bits per heavy atom. The number of rotatable bonds is 5. The molecule has 0 bridgehead atoms. The summed E-state index contributed by atoms with van der Waals surface area (Å²) in [4.78, 5) is 0. The van der Waals surface area contributed by atoms with Crippen LogP contribution in [0.15, 0.2) is 48.5 Å². The van der Waals surface area contributed by atoms with Crippen molar-refractivity contribution in [3.63, 3.8) is 0 Å². The van der Waals surface area contributed by atoms with Gasteiger partial charge in [0.15, 0.2) is 10.6 Å². The van der Waals surface area contributed by atoms with Gasteiger partial charge in [0.05, 0.1) is 19.4 Å². The molecule has 0 aliphatic heterocycles. The van der Waals surface area contributed by atoms with E-state index in [1.165, 1.54) is 0 Å². The summed E-state index contributed by atoms with van der Waals surface area (Å²) in [6.45, 7) is 2.60. The average molecular weight is 327 g/mol. The number of benzene rings is 2. The zero-order chi connectivity index (χ0) is 16.2. The Labute approximate surface area is 139 Å². The molecular formula is C17H17N3O2S. The first kappa shape index (κ1) is 15.3. The molecule has 1 aromatic heterocycles. The molecule has 2 aromatic carbocycles. The van der Waals surface area contributed by atoms with E-state index in [2.05, 4.69) is 10.2 Å². The highest BCUT2D eigenvalue weighted by Crippen LogP contribution is 2.24. The largest absolute Gasteiger partial charge is 0.497 e. The second-order valence-corrected chi connectivity index (χ2v) is 5.23. The Bertz CT molecular complexity index is 836. The summed E-state index contributed by atoms with van der Waals surface area (Å²) in [5, 5.41) is 7.21. The van der Waals surface area contributed by atoms with Gasteiger partial charge < -0.3 is 9.47 Å². The number of nitrogens with one attached hydrogen (secondary N) is 1. The SMILES string of the molecule is CCOc1ccc(-c2n[nH]c(=S)n2-c2ccc(OC)cc2)cc1. The predicted molar refractivity (Wildman–Crippen MR) is 91.9 cm³/mol. The van der Waals surface area contributed by atoms with Gasteiger partial charge in [0.2, 0.25) is 0 Å². The van der Waals surface area contributed by atoms with Crippen molar-refractivity contribution < 1.29 is 9.47 Å². The van der Waals surface area contributed by atoms with E-state index in [9.17, 15) is 0 Å². The van der Waals surface area contributed by atoms with Crippen LogP contribution in [-0.4, -0.2) is 28.5 Å². The van der Waals surface area contributed by atoms with Crippen LogP contribution in [0.25, 0.3) is 17.1 Å². The van der Waals surface area contributed by atoms with Crippen molar-refractivity contribution >= 4 is 12.2 Å². The highest BCUT2D eigenvalue weighted by molar-refractivity contribution is 7.71. The van der Waals surface area contributed by atoms with Crippen molar-refractivity contribution in [2.45, 2.75) is 6.92 Å². The molecule has 3 aromatic rings. The van der Waals surface area contributed by atoms with Gasteiger partial charge in [0.25, 0.3) is 0 Å². The molecule has 0 aliphatic rings. The van der Waals surface area contributed by atoms with Crippen LogP contribution < -0.4 is 9.47 Å². The van der Waals surface area contributed by atoms with Crippen LogP contribution in [-0.2, 0) is 0 Å². The van der Waals surface area contributed by atoms with Gasteiger partial charge >= 0.3 is 0 Å². The van der Waals surface area contributed by atoms with Crippen LogP contribution in [0.4, 0.5) is 0 Å². The molecule has 23 heavy (non-hydrogen) atoms. The summed E-state index contributed by atoms with van der Waals surface area (Å²) in [5.41, 5.74) is 1.88. The number of H-pyrrole nitrogens is 1. The number of ether oxygens (including phenoxy) is 2. The van der Waals surface area contributed by atoms with Crippen molar-refractivity contribution in [3.8, 4) is 28.6 Å². The number of methoxy groups -OCH3 is 1. The molecular weight excluding hydrogens is 310 g/mol. The van der Waals surface area contributed by atoms with Crippen LogP contribution >= 0.6 is 12.2 Å². The molecule has 1 heterocycles. The summed E-state index contributed by atoms with van der Waals surface area (Å²) < 4.78 is 13.1. The average Bonchev–Trinajstić information content (AvgIpc) is 2.97. The monoisotopic (exact) mass is 327 g/mol. The van der Waals surface area contributed by atoms with Gasteiger partial charge in [0.1, 0.15) is 11.5 Å². The van der Waals surface area contributed by atoms with Gasteiger partial charge in [-0.3, -0.25) is 9.67 Å². The third-order valence-corrected chi connectivity index (χ3v) is 3.70. The van der Waals surface area contributed by atoms with E-state index in [0.717, 1.165) is 28.6 Å². The van der Waals surface area contributed by atoms with Crippen LogP contribution in [0.2, 0.25) is 0 Å². The topological polar surface area (TPSA) is 52.1 Å². The molecule has 0 spiro atoms. The van der Waals surface area contributed by atoms with Gasteiger partial charge in [-0.15, -0.1) is 0 Å². The molecule has 118 valence electrons. The van der Waals surface area contributed by atoms with E-state index in [1.807, 2.05) is 60.0 Å². The Morgan fingerprint density at radius 1 is 1.04 bits per heavy atom. The Balaban J connectivity index is 2.02. The van der Waals surface area contributed by atoms with Crippen molar-refractivity contribution in [1.82, 2.24) is 14.8 Å². The van der Waals surface area contributed by atoms with Crippen molar-refractivity contribution in [2.24, 2.45) is 0 Å². The number of hydrogen-bond donors (Lipinski definition) is 1. The molecule has 0 unspecified atom stereocenters. The fourth-order valence-corrected chi connectivity index (χ4v) is 2.57. The van der Waals surface area contributed by atoms with E-state index in [4.69, 9.17) is 21.7 Å². The predicted octanol–water partition coefficient (Wildman–Crippen LogP) is 4.00. The fourth-order valence-electron chi connectivity index (χ4n) is 2.33. The first-order valence-electron chi connectivity index (χ1n) is 7.28. The summed E-state index contributed by atoms with van der Waals surface area (Å²) in [5.74, 6) is 2.39. The Morgan fingerprint density at radius 3 is 2.30 bits per heavy atom. The van der Waals surface area contributed by atoms with E-state index >= 15 is 0 Å². The van der Waals surface area contributed by atoms with E-state index in [0.29, 0.717) is 11.4 Å². The number of aromatic nitrogens is 3. The summed E-state index contributed by atoms with van der Waals surface area (Å²) >= 11 is 5.37. The van der Waals surface area contributed by atoms with Crippen LogP contribution in [0.1, 0.15) is 6.92 Å². The van der Waals surface area contributed by atoms with E-state index < -0.39 is 0 Å². The quantitative estimate of drug-likeness (QED) is 0.720. The lowest BCUT2D eigenvalue weighted by atomic mass is 10.2. The standard InChI is InChI=1S/C17H17N3O2S/c1-3-22-15-8-4-12(5-9-15)16-18-19-17(23)20(16)13-6-10-14(21-2)11-7-13/h4-11H,3H2,1-2H3,(H,19,23). The number of hydrogen-bond acceptors (Lipinski definition) is 4. The van der Waals surface area contributed by atoms with Crippen molar-refractivity contribution in [2.75, 3.05) is 13.7 Å². The third-order valence-electron chi connectivity index (χ3n) is 3.43. The molecule has 6 heteroatoms. The van der Waals surface area contributed by atoms with Gasteiger partial charge in [-0.1, -0.05) is 0 Å². The van der Waals surface area contributed by atoms with Crippen LogP contribution in [0.3, 0.4) is 0 Å². The molecule has 5 nitrogen and oxygen atoms in total. The number of aromatic amines is 1. The molecule has 0 saturated heterocycles. The zero-order valence-corrected chi connectivity index (χ0v) is 13.8. The first-order chi connectivity index (χ1) is 11.2. The van der Waals surface area contributed by atoms with Gasteiger partial charge in [-0.25, -0.2) is 0 Å². The minimum Gasteiger partial charge on any atom is -0.497 e. The maximum absolute atomic E-state index is 5.47. The van der Waals surface area contributed by atoms with Crippen LogP contribution in [0, 0.1) is 4.77 Å². The smallest absolute Gasteiger partial charge is 0.200 e. The fraction of sp³-hybridized carbons (Fsp3) is 0.176. The molecule has 0 amide bonds. The molecule has 0 saturated carbocycles. The van der Waals surface area contributed by atoms with Gasteiger partial charge in [-0.05, 0) is 67.7 Å². The van der Waals surface area contributed by atoms with E-state index in [1.54, 1.807) is 7.11 Å². The van der Waals surface area contributed by atoms with Crippen LogP contribution in [0.5, 0.6) is 11.5 Å². The molecule has 3 rings (SSSR count). The third kappa shape index (κ3) is 3.12. The summed E-state index contributed by atoms with van der Waals surface area (Å²) in [6.07, 6.45) is 0. The van der Waals surface area contributed by atoms with E-state index in [-0.39, 0.29) is 0 Å². The number of nitrogens with zero attached hydrogens (tertiary/aromatic N) is 2. The lowest BCUT2D eigenvalue weighted by molar-refractivity contribution is 0.340. The van der Waals surface area contributed by atoms with Crippen molar-refractivity contribution in [1.29, 1.82) is 0 Å². The Hall–Kier alpha value is -2.60. The first-order valence-corrected chi connectivity index (χ1v) is 7.69. The molecule has 0 fully saturated rings. The zero-order valence-electron chi connectivity index (χ0n) is 12.9. The lowest BCUT2D eigenvalue weighted by Crippen LogP contribution is -1.98. The Kier molecular flexibility index (Phi) is 4.43. The normalized spacial score (nSPS) is 10.5. The highest BCUT2D eigenvalue weighted by Gasteiger charge is 2.11. The molecule has 0 radical (unpaired) electrons. The highest BCUT2D eigenvalue weighted by atomic mass is 32.1. The second-order valence-electron chi connectivity index (χ2n) is 4.84. The minimum absolute atomic E-state index is 0.541. The van der Waals surface area contributed by atoms with Gasteiger partial charge in [0, 0.05) is 5.56 Å².